The van der Waals surface area contributed by atoms with E-state index in [0.717, 1.165) is 12.0 Å². The zero-order chi connectivity index (χ0) is 11.4. The minimum Gasteiger partial charge on any atom is -0.314 e. The average Bonchev–Trinajstić information content (AvgIpc) is 2.98. The van der Waals surface area contributed by atoms with Gasteiger partial charge in [0.1, 0.15) is 0 Å². The molecule has 16 heavy (non-hydrogen) atoms. The molecule has 1 nitrogen and oxygen atoms in total. The Morgan fingerprint density at radius 3 is 2.88 bits per heavy atom. The Morgan fingerprint density at radius 2 is 2.25 bits per heavy atom. The molecule has 0 aliphatic heterocycles. The van der Waals surface area contributed by atoms with Crippen LogP contribution in [0, 0.1) is 5.92 Å². The molecule has 1 aromatic heterocycles. The fraction of sp³-hybridized carbons (Fsp3) is 0.692. The number of thiophene rings is 1. The van der Waals surface area contributed by atoms with Gasteiger partial charge in [0.05, 0.1) is 3.79 Å². The van der Waals surface area contributed by atoms with Crippen molar-refractivity contribution in [2.75, 3.05) is 6.54 Å². The van der Waals surface area contributed by atoms with Crippen molar-refractivity contribution in [3.8, 4) is 0 Å². The minimum absolute atomic E-state index is 0.840. The van der Waals surface area contributed by atoms with Gasteiger partial charge in [0.2, 0.25) is 0 Å². The summed E-state index contributed by atoms with van der Waals surface area (Å²) in [5.74, 6) is 0.840. The summed E-state index contributed by atoms with van der Waals surface area (Å²) in [5, 5.41) is 3.58. The number of hydrogen-bond acceptors (Lipinski definition) is 2. The summed E-state index contributed by atoms with van der Waals surface area (Å²) < 4.78 is 1.26. The van der Waals surface area contributed by atoms with E-state index >= 15 is 0 Å². The number of halogens is 1. The van der Waals surface area contributed by atoms with Crippen molar-refractivity contribution in [3.63, 3.8) is 0 Å². The van der Waals surface area contributed by atoms with E-state index < -0.39 is 0 Å². The molecule has 0 aromatic carbocycles. The Hall–Kier alpha value is 0.140. The Balaban J connectivity index is 1.57. The summed E-state index contributed by atoms with van der Waals surface area (Å²) in [6, 6.07) is 5.25. The van der Waals surface area contributed by atoms with Crippen molar-refractivity contribution in [1.82, 2.24) is 5.32 Å². The van der Waals surface area contributed by atoms with Gasteiger partial charge in [-0.05, 0) is 72.6 Å². The third kappa shape index (κ3) is 4.56. The number of nitrogens with one attached hydrogen (secondary N) is 1. The van der Waals surface area contributed by atoms with E-state index in [2.05, 4.69) is 40.3 Å². The van der Waals surface area contributed by atoms with Crippen molar-refractivity contribution in [2.24, 2.45) is 5.92 Å². The van der Waals surface area contributed by atoms with Gasteiger partial charge in [-0.15, -0.1) is 11.3 Å². The Morgan fingerprint density at radius 1 is 1.44 bits per heavy atom. The topological polar surface area (TPSA) is 12.0 Å². The molecule has 0 saturated heterocycles. The van der Waals surface area contributed by atoms with Gasteiger partial charge in [-0.25, -0.2) is 0 Å². The molecular weight excluding hydrogens is 282 g/mol. The quantitative estimate of drug-likeness (QED) is 0.795. The van der Waals surface area contributed by atoms with Gasteiger partial charge in [0.15, 0.2) is 0 Å². The van der Waals surface area contributed by atoms with Crippen molar-refractivity contribution < 1.29 is 0 Å². The standard InChI is InChI=1S/C13H20BrNS/c1-10(8-9-15-11-3-4-11)2-5-12-6-7-13(14)16-12/h6-7,10-11,15H,2-5,8-9H2,1H3. The molecule has 0 radical (unpaired) electrons. The first kappa shape index (κ1) is 12.6. The molecule has 1 unspecified atom stereocenters. The first-order valence-corrected chi connectivity index (χ1v) is 7.82. The molecule has 2 rings (SSSR count). The maximum Gasteiger partial charge on any atom is 0.0701 e. The molecule has 1 atom stereocenters. The summed E-state index contributed by atoms with van der Waals surface area (Å²) in [6.45, 7) is 3.58. The minimum atomic E-state index is 0.840. The van der Waals surface area contributed by atoms with Gasteiger partial charge in [0, 0.05) is 10.9 Å². The second-order valence-corrected chi connectivity index (χ2v) is 7.41. The van der Waals surface area contributed by atoms with E-state index in [1.54, 1.807) is 0 Å². The monoisotopic (exact) mass is 301 g/mol. The summed E-state index contributed by atoms with van der Waals surface area (Å²) in [5.41, 5.74) is 0. The van der Waals surface area contributed by atoms with Gasteiger partial charge in [0.25, 0.3) is 0 Å². The summed E-state index contributed by atoms with van der Waals surface area (Å²) in [7, 11) is 0. The van der Waals surface area contributed by atoms with Gasteiger partial charge in [-0.1, -0.05) is 6.92 Å². The molecule has 1 aliphatic carbocycles. The second-order valence-electron chi connectivity index (χ2n) is 4.87. The Labute approximate surface area is 111 Å². The van der Waals surface area contributed by atoms with Gasteiger partial charge in [-0.3, -0.25) is 0 Å². The molecule has 1 heterocycles. The van der Waals surface area contributed by atoms with Crippen LogP contribution in [-0.2, 0) is 6.42 Å². The van der Waals surface area contributed by atoms with Gasteiger partial charge in [-0.2, -0.15) is 0 Å². The van der Waals surface area contributed by atoms with Crippen molar-refractivity contribution in [1.29, 1.82) is 0 Å². The summed E-state index contributed by atoms with van der Waals surface area (Å²) >= 11 is 5.38. The summed E-state index contributed by atoms with van der Waals surface area (Å²) in [4.78, 5) is 1.51. The van der Waals surface area contributed by atoms with Crippen LogP contribution >= 0.6 is 27.3 Å². The van der Waals surface area contributed by atoms with Crippen LogP contribution in [0.2, 0.25) is 0 Å². The summed E-state index contributed by atoms with van der Waals surface area (Å²) in [6.07, 6.45) is 6.68. The third-order valence-electron chi connectivity index (χ3n) is 3.16. The Kier molecular flexibility index (Phi) is 4.86. The zero-order valence-corrected chi connectivity index (χ0v) is 12.2. The SMILES string of the molecule is CC(CCNC1CC1)CCc1ccc(Br)s1. The maximum absolute atomic E-state index is 3.58. The van der Waals surface area contributed by atoms with Crippen LogP contribution in [0.3, 0.4) is 0 Å². The highest BCUT2D eigenvalue weighted by molar-refractivity contribution is 9.11. The van der Waals surface area contributed by atoms with Crippen molar-refractivity contribution in [2.45, 2.75) is 45.1 Å². The van der Waals surface area contributed by atoms with Crippen LogP contribution in [0.5, 0.6) is 0 Å². The van der Waals surface area contributed by atoms with E-state index in [-0.39, 0.29) is 0 Å². The third-order valence-corrected chi connectivity index (χ3v) is 4.84. The number of aryl methyl sites for hydroxylation is 1. The molecule has 3 heteroatoms. The largest absolute Gasteiger partial charge is 0.314 e. The van der Waals surface area contributed by atoms with Crippen LogP contribution in [0.1, 0.15) is 37.5 Å². The molecule has 0 spiro atoms. The predicted molar refractivity (Wildman–Crippen MR) is 75.1 cm³/mol. The molecule has 0 bridgehead atoms. The van der Waals surface area contributed by atoms with Gasteiger partial charge < -0.3 is 5.32 Å². The van der Waals surface area contributed by atoms with Gasteiger partial charge >= 0.3 is 0 Å². The average molecular weight is 302 g/mol. The fourth-order valence-corrected chi connectivity index (χ4v) is 3.34. The molecule has 1 aliphatic rings. The lowest BCUT2D eigenvalue weighted by Crippen LogP contribution is -2.19. The second kappa shape index (κ2) is 6.18. The van der Waals surface area contributed by atoms with Crippen molar-refractivity contribution >= 4 is 27.3 Å². The molecular formula is C13H20BrNS. The molecule has 0 amide bonds. The molecule has 1 fully saturated rings. The lowest BCUT2D eigenvalue weighted by atomic mass is 10.0. The highest BCUT2D eigenvalue weighted by atomic mass is 79.9. The lowest BCUT2D eigenvalue weighted by molar-refractivity contribution is 0.470. The fourth-order valence-electron chi connectivity index (χ4n) is 1.84. The molecule has 1 saturated carbocycles. The van der Waals surface area contributed by atoms with Crippen LogP contribution in [-0.4, -0.2) is 12.6 Å². The van der Waals surface area contributed by atoms with E-state index in [1.165, 1.54) is 47.3 Å². The van der Waals surface area contributed by atoms with Crippen LogP contribution in [0.4, 0.5) is 0 Å². The first-order valence-electron chi connectivity index (χ1n) is 6.21. The number of hydrogen-bond donors (Lipinski definition) is 1. The predicted octanol–water partition coefficient (Wildman–Crippen LogP) is 4.22. The first-order chi connectivity index (χ1) is 7.74. The normalized spacial score (nSPS) is 17.6. The van der Waals surface area contributed by atoms with Crippen LogP contribution in [0.25, 0.3) is 0 Å². The molecule has 1 aromatic rings. The molecule has 90 valence electrons. The highest BCUT2D eigenvalue weighted by Gasteiger charge is 2.19. The van der Waals surface area contributed by atoms with Crippen LogP contribution in [0.15, 0.2) is 15.9 Å². The maximum atomic E-state index is 3.58. The smallest absolute Gasteiger partial charge is 0.0701 e. The zero-order valence-electron chi connectivity index (χ0n) is 9.84. The molecule has 1 N–H and O–H groups in total. The van der Waals surface area contributed by atoms with Crippen LogP contribution < -0.4 is 5.32 Å². The number of rotatable bonds is 7. The Bertz CT molecular complexity index is 319. The van der Waals surface area contributed by atoms with E-state index in [0.29, 0.717) is 0 Å². The van der Waals surface area contributed by atoms with E-state index in [9.17, 15) is 0 Å². The van der Waals surface area contributed by atoms with E-state index in [1.807, 2.05) is 11.3 Å². The van der Waals surface area contributed by atoms with E-state index in [4.69, 9.17) is 0 Å². The highest BCUT2D eigenvalue weighted by Crippen LogP contribution is 2.24. The lowest BCUT2D eigenvalue weighted by Gasteiger charge is -2.10. The van der Waals surface area contributed by atoms with Crippen molar-refractivity contribution in [3.05, 3.63) is 20.8 Å².